The minimum absolute atomic E-state index is 0.125. The predicted octanol–water partition coefficient (Wildman–Crippen LogP) is 7.71. The van der Waals surface area contributed by atoms with E-state index >= 15 is 0 Å². The van der Waals surface area contributed by atoms with E-state index in [1.807, 2.05) is 36.4 Å². The molecule has 0 N–H and O–H groups in total. The molecule has 0 amide bonds. The average molecular weight is 615 g/mol. The second kappa shape index (κ2) is 19.1. The zero-order valence-corrected chi connectivity index (χ0v) is 26.4. The summed E-state index contributed by atoms with van der Waals surface area (Å²) in [6.07, 6.45) is 2.07. The van der Waals surface area contributed by atoms with Crippen LogP contribution in [-0.4, -0.2) is 56.3 Å². The molecule has 0 saturated carbocycles. The van der Waals surface area contributed by atoms with Crippen molar-refractivity contribution in [2.24, 2.45) is 0 Å². The number of carbonyl (C=O) groups excluding carboxylic acids is 3. The largest absolute Gasteiger partial charge is 0.492 e. The van der Waals surface area contributed by atoms with Gasteiger partial charge in [-0.1, -0.05) is 65.2 Å². The molecule has 3 rings (SSSR count). The molecule has 0 bridgehead atoms. The van der Waals surface area contributed by atoms with Gasteiger partial charge >= 0.3 is 5.97 Å². The molecule has 0 radical (unpaired) electrons. The van der Waals surface area contributed by atoms with E-state index in [0.717, 1.165) is 28.9 Å². The van der Waals surface area contributed by atoms with Crippen molar-refractivity contribution in [3.63, 3.8) is 0 Å². The number of ketones is 2. The number of unbranched alkanes of at least 4 members (excludes halogenated alkanes) is 1. The lowest BCUT2D eigenvalue weighted by Crippen LogP contribution is -2.29. The zero-order chi connectivity index (χ0) is 30.9. The third-order valence-electron chi connectivity index (χ3n) is 6.61. The Labute approximate surface area is 259 Å². The van der Waals surface area contributed by atoms with E-state index in [1.165, 1.54) is 30.7 Å². The number of esters is 1. The van der Waals surface area contributed by atoms with Crippen LogP contribution in [0.5, 0.6) is 5.75 Å². The molecule has 0 fully saturated rings. The highest BCUT2D eigenvalue weighted by Gasteiger charge is 2.17. The topological polar surface area (TPSA) is 72.9 Å². The number of benzene rings is 3. The fourth-order valence-electron chi connectivity index (χ4n) is 4.17. The van der Waals surface area contributed by atoms with Crippen LogP contribution >= 0.6 is 23.2 Å². The van der Waals surface area contributed by atoms with E-state index in [4.69, 9.17) is 27.9 Å². The Balaban J connectivity index is 0.000000374. The SMILES string of the molecule is COC(=O)CC(=O)CCCCC(C)=O.Cc1ccc(OCCN(C)CC(c2ccc(Cl)cc2)c2ccc(Cl)cc2)cc1. The maximum absolute atomic E-state index is 11.1. The molecule has 0 spiro atoms. The van der Waals surface area contributed by atoms with Crippen molar-refractivity contribution in [1.29, 1.82) is 0 Å². The summed E-state index contributed by atoms with van der Waals surface area (Å²) < 4.78 is 10.2. The molecule has 0 aliphatic heterocycles. The number of halogens is 2. The Morgan fingerprint density at radius 1 is 0.810 bits per heavy atom. The van der Waals surface area contributed by atoms with Crippen LogP contribution in [0.4, 0.5) is 0 Å². The quantitative estimate of drug-likeness (QED) is 0.0992. The number of aryl methyl sites for hydroxylation is 1. The molecule has 42 heavy (non-hydrogen) atoms. The number of ether oxygens (including phenoxy) is 2. The number of carbonyl (C=O) groups is 3. The van der Waals surface area contributed by atoms with Crippen LogP contribution < -0.4 is 4.74 Å². The number of Topliss-reactive ketones (excluding diaryl/α,β-unsaturated/α-hetero) is 2. The Kier molecular flexibility index (Phi) is 15.9. The van der Waals surface area contributed by atoms with Crippen molar-refractivity contribution < 1.29 is 23.9 Å². The predicted molar refractivity (Wildman–Crippen MR) is 170 cm³/mol. The van der Waals surface area contributed by atoms with Gasteiger partial charge in [-0.05, 0) is 81.3 Å². The summed E-state index contributed by atoms with van der Waals surface area (Å²) in [5.74, 6) is 0.650. The van der Waals surface area contributed by atoms with Crippen molar-refractivity contribution in [1.82, 2.24) is 4.90 Å². The Morgan fingerprint density at radius 3 is 1.83 bits per heavy atom. The molecule has 226 valence electrons. The number of methoxy groups -OCH3 is 1. The summed E-state index contributed by atoms with van der Waals surface area (Å²) in [7, 11) is 3.38. The Bertz CT molecular complexity index is 1200. The lowest BCUT2D eigenvalue weighted by molar-refractivity contribution is -0.143. The van der Waals surface area contributed by atoms with Crippen molar-refractivity contribution in [2.75, 3.05) is 33.9 Å². The second-order valence-corrected chi connectivity index (χ2v) is 11.2. The standard InChI is InChI=1S/C24H25Cl2NO.C10H16O4/c1-18-3-13-23(14-4-18)28-16-15-27(2)17-24(19-5-9-21(25)10-6-19)20-7-11-22(26)12-8-20;1-8(11)5-3-4-6-9(12)7-10(13)14-2/h3-14,24H,15-17H2,1-2H3;3-7H2,1-2H3. The van der Waals surface area contributed by atoms with Crippen molar-refractivity contribution in [3.05, 3.63) is 99.5 Å². The highest BCUT2D eigenvalue weighted by Crippen LogP contribution is 2.28. The van der Waals surface area contributed by atoms with E-state index in [-0.39, 0.29) is 23.9 Å². The summed E-state index contributed by atoms with van der Waals surface area (Å²) in [6.45, 7) is 5.96. The number of hydrogen-bond donors (Lipinski definition) is 0. The fourth-order valence-corrected chi connectivity index (χ4v) is 4.42. The van der Waals surface area contributed by atoms with Gasteiger partial charge in [-0.2, -0.15) is 0 Å². The molecule has 0 aliphatic carbocycles. The molecular formula is C34H41Cl2NO5. The van der Waals surface area contributed by atoms with Crippen LogP contribution in [0, 0.1) is 6.92 Å². The van der Waals surface area contributed by atoms with Crippen LogP contribution in [-0.2, 0) is 19.1 Å². The van der Waals surface area contributed by atoms with Gasteiger partial charge in [0.2, 0.25) is 0 Å². The molecule has 0 unspecified atom stereocenters. The summed E-state index contributed by atoms with van der Waals surface area (Å²) >= 11 is 12.2. The van der Waals surface area contributed by atoms with Gasteiger partial charge in [0.1, 0.15) is 30.3 Å². The number of hydrogen-bond acceptors (Lipinski definition) is 6. The van der Waals surface area contributed by atoms with Crippen LogP contribution in [0.15, 0.2) is 72.8 Å². The highest BCUT2D eigenvalue weighted by atomic mass is 35.5. The molecule has 0 saturated heterocycles. The first-order valence-electron chi connectivity index (χ1n) is 14.0. The van der Waals surface area contributed by atoms with Crippen LogP contribution in [0.2, 0.25) is 10.0 Å². The first-order valence-corrected chi connectivity index (χ1v) is 14.8. The van der Waals surface area contributed by atoms with Crippen molar-refractivity contribution in [2.45, 2.75) is 51.9 Å². The first-order chi connectivity index (χ1) is 20.1. The molecule has 0 atom stereocenters. The summed E-state index contributed by atoms with van der Waals surface area (Å²) in [5, 5.41) is 1.50. The fraction of sp³-hybridized carbons (Fsp3) is 0.382. The number of likely N-dealkylation sites (N-methyl/N-ethyl adjacent to an activating group) is 1. The van der Waals surface area contributed by atoms with Crippen molar-refractivity contribution in [3.8, 4) is 5.75 Å². The van der Waals surface area contributed by atoms with Gasteiger partial charge in [-0.3, -0.25) is 9.59 Å². The summed E-state index contributed by atoms with van der Waals surface area (Å²) in [5.41, 5.74) is 3.70. The maximum atomic E-state index is 11.1. The van der Waals surface area contributed by atoms with Crippen LogP contribution in [0.25, 0.3) is 0 Å². The molecule has 3 aromatic carbocycles. The van der Waals surface area contributed by atoms with Crippen LogP contribution in [0.3, 0.4) is 0 Å². The van der Waals surface area contributed by atoms with E-state index < -0.39 is 5.97 Å². The third-order valence-corrected chi connectivity index (χ3v) is 7.11. The molecule has 6 nitrogen and oxygen atoms in total. The van der Waals surface area contributed by atoms with E-state index in [9.17, 15) is 14.4 Å². The van der Waals surface area contributed by atoms with Gasteiger partial charge in [-0.25, -0.2) is 0 Å². The minimum atomic E-state index is -0.499. The Morgan fingerprint density at radius 2 is 1.33 bits per heavy atom. The molecule has 0 aromatic heterocycles. The van der Waals surface area contributed by atoms with E-state index in [0.29, 0.717) is 32.3 Å². The Hall–Kier alpha value is -3.19. The second-order valence-electron chi connectivity index (χ2n) is 10.3. The highest BCUT2D eigenvalue weighted by molar-refractivity contribution is 6.30. The molecule has 8 heteroatoms. The monoisotopic (exact) mass is 613 g/mol. The lowest BCUT2D eigenvalue weighted by Gasteiger charge is -2.25. The first kappa shape index (κ1) is 35.0. The molecule has 0 heterocycles. The van der Waals surface area contributed by atoms with Gasteiger partial charge in [0.05, 0.1) is 7.11 Å². The number of rotatable bonds is 15. The smallest absolute Gasteiger partial charge is 0.313 e. The minimum Gasteiger partial charge on any atom is -0.492 e. The van der Waals surface area contributed by atoms with E-state index in [2.05, 4.69) is 60.0 Å². The van der Waals surface area contributed by atoms with Gasteiger partial charge in [-0.15, -0.1) is 0 Å². The lowest BCUT2D eigenvalue weighted by atomic mass is 9.91. The van der Waals surface area contributed by atoms with Crippen LogP contribution in [0.1, 0.15) is 61.6 Å². The van der Waals surface area contributed by atoms with Gasteiger partial charge in [0, 0.05) is 41.9 Å². The van der Waals surface area contributed by atoms with Gasteiger partial charge in [0.25, 0.3) is 0 Å². The zero-order valence-electron chi connectivity index (χ0n) is 24.9. The molecule has 3 aromatic rings. The molecular weight excluding hydrogens is 573 g/mol. The van der Waals surface area contributed by atoms with E-state index in [1.54, 1.807) is 0 Å². The maximum Gasteiger partial charge on any atom is 0.313 e. The third kappa shape index (κ3) is 14.1. The normalized spacial score (nSPS) is 10.7. The average Bonchev–Trinajstić information content (AvgIpc) is 2.96. The summed E-state index contributed by atoms with van der Waals surface area (Å²) in [6, 6.07) is 24.3. The summed E-state index contributed by atoms with van der Waals surface area (Å²) in [4.78, 5) is 34.6. The van der Waals surface area contributed by atoms with Gasteiger partial charge in [0.15, 0.2) is 0 Å². The van der Waals surface area contributed by atoms with Gasteiger partial charge < -0.3 is 19.2 Å². The van der Waals surface area contributed by atoms with Crippen molar-refractivity contribution >= 4 is 40.7 Å². The molecule has 0 aliphatic rings. The number of nitrogens with zero attached hydrogens (tertiary/aromatic N) is 1.